The Kier molecular flexibility index (Phi) is 3.24. The highest BCUT2D eigenvalue weighted by molar-refractivity contribution is 9.10. The number of carbonyl (C=O) groups is 1. The minimum atomic E-state index is -0.367. The zero-order chi connectivity index (χ0) is 12.4. The lowest BCUT2D eigenvalue weighted by Gasteiger charge is -2.06. The molecule has 2 nitrogen and oxygen atoms in total. The first kappa shape index (κ1) is 11.8. The molecule has 0 aliphatic carbocycles. The van der Waals surface area contributed by atoms with Gasteiger partial charge in [0.15, 0.2) is 5.78 Å². The summed E-state index contributed by atoms with van der Waals surface area (Å²) in [5.74, 6) is -0.558. The molecule has 17 heavy (non-hydrogen) atoms. The molecule has 0 amide bonds. The largest absolute Gasteiger partial charge is 0.398 e. The van der Waals surface area contributed by atoms with Crippen molar-refractivity contribution in [3.63, 3.8) is 0 Å². The van der Waals surface area contributed by atoms with Crippen LogP contribution in [0.4, 0.5) is 10.1 Å². The van der Waals surface area contributed by atoms with Gasteiger partial charge in [0.25, 0.3) is 0 Å². The van der Waals surface area contributed by atoms with Gasteiger partial charge in [0.05, 0.1) is 4.47 Å². The van der Waals surface area contributed by atoms with Gasteiger partial charge >= 0.3 is 0 Å². The van der Waals surface area contributed by atoms with Crippen molar-refractivity contribution in [3.05, 3.63) is 63.9 Å². The van der Waals surface area contributed by atoms with E-state index in [9.17, 15) is 9.18 Å². The lowest BCUT2D eigenvalue weighted by Crippen LogP contribution is -2.03. The van der Waals surface area contributed by atoms with E-state index in [0.29, 0.717) is 21.3 Å². The van der Waals surface area contributed by atoms with E-state index in [4.69, 9.17) is 5.73 Å². The van der Waals surface area contributed by atoms with Crippen LogP contribution >= 0.6 is 15.9 Å². The average molecular weight is 294 g/mol. The van der Waals surface area contributed by atoms with E-state index in [-0.39, 0.29) is 11.6 Å². The van der Waals surface area contributed by atoms with Crippen LogP contribution in [0.2, 0.25) is 0 Å². The summed E-state index contributed by atoms with van der Waals surface area (Å²) in [4.78, 5) is 12.1. The summed E-state index contributed by atoms with van der Waals surface area (Å²) < 4.78 is 13.3. The number of rotatable bonds is 2. The van der Waals surface area contributed by atoms with Crippen LogP contribution in [0.25, 0.3) is 0 Å². The Morgan fingerprint density at radius 3 is 2.41 bits per heavy atom. The molecule has 0 aliphatic rings. The van der Waals surface area contributed by atoms with E-state index in [1.165, 1.54) is 24.3 Å². The number of anilines is 1. The molecule has 2 N–H and O–H groups in total. The molecule has 0 unspecified atom stereocenters. The molecule has 0 aromatic heterocycles. The number of carbonyl (C=O) groups excluding carboxylic acids is 1. The molecule has 0 heterocycles. The van der Waals surface area contributed by atoms with Crippen molar-refractivity contribution < 1.29 is 9.18 Å². The lowest BCUT2D eigenvalue weighted by atomic mass is 10.0. The van der Waals surface area contributed by atoms with E-state index < -0.39 is 0 Å². The highest BCUT2D eigenvalue weighted by atomic mass is 79.9. The summed E-state index contributed by atoms with van der Waals surface area (Å²) in [7, 11) is 0. The van der Waals surface area contributed by atoms with E-state index >= 15 is 0 Å². The molecular weight excluding hydrogens is 285 g/mol. The Hall–Kier alpha value is -1.68. The normalized spacial score (nSPS) is 10.2. The topological polar surface area (TPSA) is 43.1 Å². The van der Waals surface area contributed by atoms with E-state index in [1.54, 1.807) is 18.2 Å². The Morgan fingerprint density at radius 1 is 1.12 bits per heavy atom. The van der Waals surface area contributed by atoms with Gasteiger partial charge in [-0.1, -0.05) is 6.07 Å². The molecule has 0 aliphatic heterocycles. The van der Waals surface area contributed by atoms with Crippen molar-refractivity contribution in [2.75, 3.05) is 5.73 Å². The quantitative estimate of drug-likeness (QED) is 0.681. The first-order valence-electron chi connectivity index (χ1n) is 4.94. The molecule has 0 saturated carbocycles. The Balaban J connectivity index is 2.44. The maximum absolute atomic E-state index is 12.8. The fraction of sp³-hybridized carbons (Fsp3) is 0. The second-order valence-corrected chi connectivity index (χ2v) is 4.34. The fourth-order valence-electron chi connectivity index (χ4n) is 1.48. The number of hydrogen-bond acceptors (Lipinski definition) is 2. The second kappa shape index (κ2) is 4.67. The van der Waals surface area contributed by atoms with Gasteiger partial charge < -0.3 is 5.73 Å². The zero-order valence-corrected chi connectivity index (χ0v) is 10.4. The first-order valence-corrected chi connectivity index (χ1v) is 5.73. The number of halogens is 2. The minimum absolute atomic E-state index is 0.191. The molecule has 0 fully saturated rings. The second-order valence-electron chi connectivity index (χ2n) is 3.54. The number of hydrogen-bond donors (Lipinski definition) is 1. The maximum atomic E-state index is 12.8. The average Bonchev–Trinajstić information content (AvgIpc) is 2.33. The molecule has 86 valence electrons. The molecule has 2 aromatic rings. The zero-order valence-electron chi connectivity index (χ0n) is 8.78. The van der Waals surface area contributed by atoms with Crippen molar-refractivity contribution in [3.8, 4) is 0 Å². The number of benzene rings is 2. The summed E-state index contributed by atoms with van der Waals surface area (Å²) in [5.41, 5.74) is 7.10. The molecular formula is C13H9BrFNO. The third kappa shape index (κ3) is 2.36. The van der Waals surface area contributed by atoms with Crippen LogP contribution in [0, 0.1) is 5.82 Å². The van der Waals surface area contributed by atoms with Crippen molar-refractivity contribution in [1.29, 1.82) is 0 Å². The predicted molar refractivity (Wildman–Crippen MR) is 68.4 cm³/mol. The SMILES string of the molecule is Nc1cccc(C(=O)c2ccc(F)cc2)c1Br. The molecule has 2 rings (SSSR count). The van der Waals surface area contributed by atoms with E-state index in [0.717, 1.165) is 0 Å². The monoisotopic (exact) mass is 293 g/mol. The van der Waals surface area contributed by atoms with Crippen LogP contribution in [-0.4, -0.2) is 5.78 Å². The van der Waals surface area contributed by atoms with Crippen molar-refractivity contribution in [2.24, 2.45) is 0 Å². The summed E-state index contributed by atoms with van der Waals surface area (Å²) in [6.07, 6.45) is 0. The number of ketones is 1. The Morgan fingerprint density at radius 2 is 1.76 bits per heavy atom. The molecule has 4 heteroatoms. The molecule has 0 radical (unpaired) electrons. The smallest absolute Gasteiger partial charge is 0.194 e. The van der Waals surface area contributed by atoms with Crippen LogP contribution in [0.5, 0.6) is 0 Å². The molecule has 0 saturated heterocycles. The van der Waals surface area contributed by atoms with Crippen molar-refractivity contribution in [2.45, 2.75) is 0 Å². The van der Waals surface area contributed by atoms with Gasteiger partial charge in [-0.05, 0) is 52.3 Å². The van der Waals surface area contributed by atoms with Crippen LogP contribution in [0.3, 0.4) is 0 Å². The first-order chi connectivity index (χ1) is 8.09. The summed E-state index contributed by atoms with van der Waals surface area (Å²) in [6.45, 7) is 0. The lowest BCUT2D eigenvalue weighted by molar-refractivity contribution is 0.103. The molecule has 0 bridgehead atoms. The van der Waals surface area contributed by atoms with Crippen LogP contribution in [0.1, 0.15) is 15.9 Å². The molecule has 2 aromatic carbocycles. The van der Waals surface area contributed by atoms with Crippen LogP contribution in [-0.2, 0) is 0 Å². The third-order valence-electron chi connectivity index (χ3n) is 2.38. The fourth-order valence-corrected chi connectivity index (χ4v) is 1.93. The van der Waals surface area contributed by atoms with Gasteiger partial charge in [-0.2, -0.15) is 0 Å². The number of nitrogens with two attached hydrogens (primary N) is 1. The van der Waals surface area contributed by atoms with Gasteiger partial charge in [-0.25, -0.2) is 4.39 Å². The van der Waals surface area contributed by atoms with Gasteiger partial charge in [-0.3, -0.25) is 4.79 Å². The minimum Gasteiger partial charge on any atom is -0.398 e. The molecule has 0 atom stereocenters. The van der Waals surface area contributed by atoms with Crippen molar-refractivity contribution >= 4 is 27.4 Å². The Bertz CT molecular complexity index is 566. The summed E-state index contributed by atoms with van der Waals surface area (Å²) >= 11 is 3.27. The maximum Gasteiger partial charge on any atom is 0.194 e. The number of nitrogen functional groups attached to an aromatic ring is 1. The predicted octanol–water partition coefficient (Wildman–Crippen LogP) is 3.40. The van der Waals surface area contributed by atoms with Crippen LogP contribution < -0.4 is 5.73 Å². The highest BCUT2D eigenvalue weighted by Crippen LogP contribution is 2.25. The summed E-state index contributed by atoms with van der Waals surface area (Å²) in [5, 5.41) is 0. The Labute approximate surface area is 106 Å². The highest BCUT2D eigenvalue weighted by Gasteiger charge is 2.13. The van der Waals surface area contributed by atoms with Gasteiger partial charge in [0.1, 0.15) is 5.82 Å². The van der Waals surface area contributed by atoms with Gasteiger partial charge in [0.2, 0.25) is 0 Å². The standard InChI is InChI=1S/C13H9BrFNO/c14-12-10(2-1-3-11(12)16)13(17)8-4-6-9(15)7-5-8/h1-7H,16H2. The van der Waals surface area contributed by atoms with Crippen molar-refractivity contribution in [1.82, 2.24) is 0 Å². The molecule has 0 spiro atoms. The van der Waals surface area contributed by atoms with E-state index in [1.807, 2.05) is 0 Å². The van der Waals surface area contributed by atoms with E-state index in [2.05, 4.69) is 15.9 Å². The van der Waals surface area contributed by atoms with Gasteiger partial charge in [-0.15, -0.1) is 0 Å². The third-order valence-corrected chi connectivity index (χ3v) is 3.26. The van der Waals surface area contributed by atoms with Crippen LogP contribution in [0.15, 0.2) is 46.9 Å². The van der Waals surface area contributed by atoms with Gasteiger partial charge in [0, 0.05) is 16.8 Å². The summed E-state index contributed by atoms with van der Waals surface area (Å²) in [6, 6.07) is 10.5.